The lowest BCUT2D eigenvalue weighted by Crippen LogP contribution is -2.31. The van der Waals surface area contributed by atoms with Gasteiger partial charge in [0.15, 0.2) is 5.01 Å². The SMILES string of the molecule is CC(NC(=O)Nc1nnc(-c2ccccn2)s1)c1ccncc1. The fourth-order valence-corrected chi connectivity index (χ4v) is 2.65. The van der Waals surface area contributed by atoms with E-state index in [2.05, 4.69) is 30.8 Å². The Morgan fingerprint density at radius 1 is 1.13 bits per heavy atom. The minimum absolute atomic E-state index is 0.138. The molecule has 0 spiro atoms. The highest BCUT2D eigenvalue weighted by Gasteiger charge is 2.12. The number of amides is 2. The molecule has 23 heavy (non-hydrogen) atoms. The summed E-state index contributed by atoms with van der Waals surface area (Å²) >= 11 is 1.27. The van der Waals surface area contributed by atoms with Gasteiger partial charge in [-0.05, 0) is 36.8 Å². The van der Waals surface area contributed by atoms with Gasteiger partial charge in [-0.2, -0.15) is 0 Å². The maximum atomic E-state index is 12.0. The van der Waals surface area contributed by atoms with Crippen molar-refractivity contribution in [1.82, 2.24) is 25.5 Å². The summed E-state index contributed by atoms with van der Waals surface area (Å²) in [5, 5.41) is 14.6. The summed E-state index contributed by atoms with van der Waals surface area (Å²) in [6.07, 6.45) is 5.07. The Kier molecular flexibility index (Phi) is 4.53. The third kappa shape index (κ3) is 3.86. The van der Waals surface area contributed by atoms with E-state index in [9.17, 15) is 4.79 Å². The third-order valence-corrected chi connectivity index (χ3v) is 3.94. The van der Waals surface area contributed by atoms with E-state index in [4.69, 9.17) is 0 Å². The van der Waals surface area contributed by atoms with E-state index in [1.165, 1.54) is 11.3 Å². The molecule has 2 amide bonds. The second-order valence-electron chi connectivity index (χ2n) is 4.73. The van der Waals surface area contributed by atoms with Crippen molar-refractivity contribution in [2.45, 2.75) is 13.0 Å². The van der Waals surface area contributed by atoms with Gasteiger partial charge in [0.05, 0.1) is 6.04 Å². The molecule has 3 rings (SSSR count). The van der Waals surface area contributed by atoms with Gasteiger partial charge in [0, 0.05) is 18.6 Å². The second-order valence-corrected chi connectivity index (χ2v) is 5.71. The van der Waals surface area contributed by atoms with Crippen molar-refractivity contribution in [2.75, 3.05) is 5.32 Å². The van der Waals surface area contributed by atoms with Crippen LogP contribution < -0.4 is 10.6 Å². The lowest BCUT2D eigenvalue weighted by atomic mass is 10.1. The zero-order chi connectivity index (χ0) is 16.1. The summed E-state index contributed by atoms with van der Waals surface area (Å²) < 4.78 is 0. The molecule has 0 saturated heterocycles. The molecule has 0 aliphatic heterocycles. The summed E-state index contributed by atoms with van der Waals surface area (Å²) in [5.41, 5.74) is 1.70. The Balaban J connectivity index is 1.61. The van der Waals surface area contributed by atoms with Crippen molar-refractivity contribution >= 4 is 22.5 Å². The van der Waals surface area contributed by atoms with Crippen LogP contribution in [0.4, 0.5) is 9.93 Å². The van der Waals surface area contributed by atoms with Gasteiger partial charge >= 0.3 is 6.03 Å². The number of nitrogens with one attached hydrogen (secondary N) is 2. The standard InChI is InChI=1S/C15H14N6OS/c1-10(11-5-8-16-9-6-11)18-14(22)19-15-21-20-13(23-15)12-4-2-3-7-17-12/h2-10H,1H3,(H2,18,19,21,22). The molecular weight excluding hydrogens is 312 g/mol. The Labute approximate surface area is 136 Å². The molecule has 0 fully saturated rings. The first-order valence-electron chi connectivity index (χ1n) is 6.95. The molecule has 8 heteroatoms. The number of rotatable bonds is 4. The van der Waals surface area contributed by atoms with E-state index in [0.29, 0.717) is 10.1 Å². The average molecular weight is 326 g/mol. The second kappa shape index (κ2) is 6.93. The van der Waals surface area contributed by atoms with E-state index in [-0.39, 0.29) is 12.1 Å². The minimum atomic E-state index is -0.335. The summed E-state index contributed by atoms with van der Waals surface area (Å²) in [7, 11) is 0. The van der Waals surface area contributed by atoms with Crippen LogP contribution in [0.25, 0.3) is 10.7 Å². The number of anilines is 1. The van der Waals surface area contributed by atoms with Gasteiger partial charge in [-0.1, -0.05) is 17.4 Å². The smallest absolute Gasteiger partial charge is 0.321 e. The molecule has 2 N–H and O–H groups in total. The van der Waals surface area contributed by atoms with E-state index in [1.54, 1.807) is 18.6 Å². The highest BCUT2D eigenvalue weighted by molar-refractivity contribution is 7.18. The van der Waals surface area contributed by atoms with E-state index in [1.807, 2.05) is 37.3 Å². The zero-order valence-corrected chi connectivity index (χ0v) is 13.1. The van der Waals surface area contributed by atoms with Gasteiger partial charge in [-0.3, -0.25) is 15.3 Å². The lowest BCUT2D eigenvalue weighted by molar-refractivity contribution is 0.249. The summed E-state index contributed by atoms with van der Waals surface area (Å²) in [6.45, 7) is 1.90. The van der Waals surface area contributed by atoms with Gasteiger partial charge in [0.25, 0.3) is 0 Å². The normalized spacial score (nSPS) is 11.7. The predicted molar refractivity (Wildman–Crippen MR) is 87.9 cm³/mol. The van der Waals surface area contributed by atoms with Crippen LogP contribution in [0.15, 0.2) is 48.9 Å². The molecule has 0 aliphatic rings. The average Bonchev–Trinajstić information content (AvgIpc) is 3.04. The molecular formula is C15H14N6OS. The van der Waals surface area contributed by atoms with Crippen molar-refractivity contribution in [1.29, 1.82) is 0 Å². The molecule has 0 aliphatic carbocycles. The van der Waals surface area contributed by atoms with Crippen molar-refractivity contribution in [3.05, 3.63) is 54.5 Å². The minimum Gasteiger partial charge on any atom is -0.331 e. The van der Waals surface area contributed by atoms with Gasteiger partial charge in [0.2, 0.25) is 5.13 Å². The Morgan fingerprint density at radius 2 is 1.96 bits per heavy atom. The fourth-order valence-electron chi connectivity index (χ4n) is 1.93. The molecule has 3 aromatic rings. The number of aromatic nitrogens is 4. The number of hydrogen-bond donors (Lipinski definition) is 2. The Hall–Kier alpha value is -2.87. The van der Waals surface area contributed by atoms with Crippen LogP contribution in [0, 0.1) is 0 Å². The van der Waals surface area contributed by atoms with Gasteiger partial charge in [0.1, 0.15) is 5.69 Å². The van der Waals surface area contributed by atoms with Crippen molar-refractivity contribution in [3.8, 4) is 10.7 Å². The molecule has 1 atom stereocenters. The van der Waals surface area contributed by atoms with Gasteiger partial charge in [-0.25, -0.2) is 4.79 Å². The quantitative estimate of drug-likeness (QED) is 0.769. The lowest BCUT2D eigenvalue weighted by Gasteiger charge is -2.13. The number of hydrogen-bond acceptors (Lipinski definition) is 6. The molecule has 116 valence electrons. The number of carbonyl (C=O) groups is 1. The van der Waals surface area contributed by atoms with Crippen LogP contribution in [-0.4, -0.2) is 26.2 Å². The van der Waals surface area contributed by atoms with Gasteiger partial charge in [-0.15, -0.1) is 10.2 Å². The fraction of sp³-hybridized carbons (Fsp3) is 0.133. The maximum Gasteiger partial charge on any atom is 0.321 e. The third-order valence-electron chi connectivity index (χ3n) is 3.08. The van der Waals surface area contributed by atoms with Crippen LogP contribution in [-0.2, 0) is 0 Å². The number of nitrogens with zero attached hydrogens (tertiary/aromatic N) is 4. The largest absolute Gasteiger partial charge is 0.331 e. The van der Waals surface area contributed by atoms with E-state index < -0.39 is 0 Å². The van der Waals surface area contributed by atoms with E-state index in [0.717, 1.165) is 11.3 Å². The topological polar surface area (TPSA) is 92.7 Å². The van der Waals surface area contributed by atoms with Crippen molar-refractivity contribution < 1.29 is 4.79 Å². The molecule has 0 aromatic carbocycles. The molecule has 3 aromatic heterocycles. The molecule has 0 bridgehead atoms. The highest BCUT2D eigenvalue weighted by Crippen LogP contribution is 2.24. The van der Waals surface area contributed by atoms with Crippen LogP contribution in [0.2, 0.25) is 0 Å². The summed E-state index contributed by atoms with van der Waals surface area (Å²) in [6, 6.07) is 8.79. The first-order valence-corrected chi connectivity index (χ1v) is 7.76. The maximum absolute atomic E-state index is 12.0. The predicted octanol–water partition coefficient (Wildman–Crippen LogP) is 2.88. The highest BCUT2D eigenvalue weighted by atomic mass is 32.1. The molecule has 3 heterocycles. The van der Waals surface area contributed by atoms with Crippen LogP contribution in [0.3, 0.4) is 0 Å². The molecule has 0 radical (unpaired) electrons. The first kappa shape index (κ1) is 15.0. The van der Waals surface area contributed by atoms with E-state index >= 15 is 0 Å². The summed E-state index contributed by atoms with van der Waals surface area (Å²) in [4.78, 5) is 20.2. The first-order chi connectivity index (χ1) is 11.2. The number of urea groups is 1. The zero-order valence-electron chi connectivity index (χ0n) is 12.3. The Morgan fingerprint density at radius 3 is 2.70 bits per heavy atom. The molecule has 0 saturated carbocycles. The van der Waals surface area contributed by atoms with Crippen molar-refractivity contribution in [3.63, 3.8) is 0 Å². The van der Waals surface area contributed by atoms with Crippen molar-refractivity contribution in [2.24, 2.45) is 0 Å². The molecule has 1 unspecified atom stereocenters. The Bertz CT molecular complexity index is 777. The monoisotopic (exact) mass is 326 g/mol. The number of pyridine rings is 2. The number of carbonyl (C=O) groups excluding carboxylic acids is 1. The van der Waals surface area contributed by atoms with Crippen LogP contribution in [0.5, 0.6) is 0 Å². The van der Waals surface area contributed by atoms with Crippen LogP contribution >= 0.6 is 11.3 Å². The summed E-state index contributed by atoms with van der Waals surface area (Å²) in [5.74, 6) is 0. The van der Waals surface area contributed by atoms with Crippen LogP contribution in [0.1, 0.15) is 18.5 Å². The van der Waals surface area contributed by atoms with Gasteiger partial charge < -0.3 is 5.32 Å². The molecule has 7 nitrogen and oxygen atoms in total.